The van der Waals surface area contributed by atoms with Crippen LogP contribution in [0.4, 0.5) is 0 Å². The number of carbonyl (C=O) groups excluding carboxylic acids is 2. The number of rotatable bonds is 6. The van der Waals surface area contributed by atoms with Gasteiger partial charge in [0.05, 0.1) is 6.54 Å². The number of hydrogen-bond acceptors (Lipinski definition) is 2. The van der Waals surface area contributed by atoms with Crippen molar-refractivity contribution in [3.05, 3.63) is 36.0 Å². The first kappa shape index (κ1) is 15.1. The summed E-state index contributed by atoms with van der Waals surface area (Å²) in [6, 6.07) is 8.01. The Kier molecular flexibility index (Phi) is 4.98. The Morgan fingerprint density at radius 3 is 2.81 bits per heavy atom. The Hall–Kier alpha value is -2.30. The van der Waals surface area contributed by atoms with E-state index in [9.17, 15) is 9.59 Å². The van der Waals surface area contributed by atoms with E-state index >= 15 is 0 Å². The van der Waals surface area contributed by atoms with Gasteiger partial charge in [-0.2, -0.15) is 0 Å². The third-order valence-corrected chi connectivity index (χ3v) is 3.63. The molecule has 0 aliphatic carbocycles. The second kappa shape index (κ2) is 6.92. The number of likely N-dealkylation sites (N-methyl/N-ethyl adjacent to an activating group) is 1. The second-order valence-corrected chi connectivity index (χ2v) is 5.04. The molecule has 112 valence electrons. The molecule has 0 unspecified atom stereocenters. The Morgan fingerprint density at radius 1 is 1.29 bits per heavy atom. The molecule has 0 spiro atoms. The zero-order valence-electron chi connectivity index (χ0n) is 12.5. The third kappa shape index (κ3) is 3.84. The van der Waals surface area contributed by atoms with Crippen molar-refractivity contribution in [2.75, 3.05) is 20.1 Å². The molecule has 5 heteroatoms. The lowest BCUT2D eigenvalue weighted by Gasteiger charge is -2.14. The van der Waals surface area contributed by atoms with Crippen molar-refractivity contribution >= 4 is 22.7 Å². The molecule has 0 atom stereocenters. The van der Waals surface area contributed by atoms with Crippen LogP contribution in [0.15, 0.2) is 30.5 Å². The van der Waals surface area contributed by atoms with Crippen LogP contribution >= 0.6 is 0 Å². The van der Waals surface area contributed by atoms with Crippen LogP contribution in [0.1, 0.15) is 18.9 Å². The minimum Gasteiger partial charge on any atom is -0.361 e. The molecule has 0 fully saturated rings. The lowest BCUT2D eigenvalue weighted by atomic mass is 10.1. The molecule has 2 N–H and O–H groups in total. The zero-order chi connectivity index (χ0) is 15.2. The summed E-state index contributed by atoms with van der Waals surface area (Å²) in [6.07, 6.45) is 2.98. The fraction of sp³-hybridized carbons (Fsp3) is 0.375. The number of nitrogens with one attached hydrogen (secondary N) is 2. The Morgan fingerprint density at radius 2 is 2.05 bits per heavy atom. The highest BCUT2D eigenvalue weighted by Gasteiger charge is 2.10. The molecule has 21 heavy (non-hydrogen) atoms. The largest absolute Gasteiger partial charge is 0.361 e. The molecular weight excluding hydrogens is 266 g/mol. The topological polar surface area (TPSA) is 65.2 Å². The molecule has 5 nitrogen and oxygen atoms in total. The number of fused-ring (bicyclic) bond motifs is 1. The normalized spacial score (nSPS) is 10.6. The number of carbonyl (C=O) groups is 2. The van der Waals surface area contributed by atoms with Gasteiger partial charge in [-0.25, -0.2) is 0 Å². The SMILES string of the molecule is CCN(C)C(=O)CNC(=O)CCc1c[nH]c2ccccc12. The average Bonchev–Trinajstić information content (AvgIpc) is 2.93. The van der Waals surface area contributed by atoms with E-state index in [1.54, 1.807) is 11.9 Å². The van der Waals surface area contributed by atoms with E-state index in [4.69, 9.17) is 0 Å². The molecule has 0 saturated carbocycles. The highest BCUT2D eigenvalue weighted by Crippen LogP contribution is 2.18. The van der Waals surface area contributed by atoms with Crippen molar-refractivity contribution in [2.24, 2.45) is 0 Å². The van der Waals surface area contributed by atoms with E-state index in [-0.39, 0.29) is 18.4 Å². The summed E-state index contributed by atoms with van der Waals surface area (Å²) < 4.78 is 0. The number of aromatic amines is 1. The van der Waals surface area contributed by atoms with Gasteiger partial charge >= 0.3 is 0 Å². The van der Waals surface area contributed by atoms with Crippen molar-refractivity contribution in [1.29, 1.82) is 0 Å². The first-order chi connectivity index (χ1) is 10.1. The van der Waals surface area contributed by atoms with Crippen LogP contribution in [-0.4, -0.2) is 41.8 Å². The van der Waals surface area contributed by atoms with Gasteiger partial charge in [-0.15, -0.1) is 0 Å². The monoisotopic (exact) mass is 287 g/mol. The zero-order valence-corrected chi connectivity index (χ0v) is 12.5. The first-order valence-corrected chi connectivity index (χ1v) is 7.17. The number of para-hydroxylation sites is 1. The number of benzene rings is 1. The summed E-state index contributed by atoms with van der Waals surface area (Å²) in [5.74, 6) is -0.170. The molecule has 1 heterocycles. The Labute approximate surface area is 124 Å². The molecule has 0 bridgehead atoms. The Bertz CT molecular complexity index is 633. The minimum absolute atomic E-state index is 0.0665. The van der Waals surface area contributed by atoms with Gasteiger partial charge in [0.15, 0.2) is 0 Å². The molecule has 1 aromatic heterocycles. The van der Waals surface area contributed by atoms with Crippen molar-refractivity contribution in [2.45, 2.75) is 19.8 Å². The number of aryl methyl sites for hydroxylation is 1. The third-order valence-electron chi connectivity index (χ3n) is 3.63. The van der Waals surface area contributed by atoms with Crippen molar-refractivity contribution < 1.29 is 9.59 Å². The van der Waals surface area contributed by atoms with Crippen molar-refractivity contribution in [3.8, 4) is 0 Å². The van der Waals surface area contributed by atoms with Crippen LogP contribution in [0.2, 0.25) is 0 Å². The molecule has 0 radical (unpaired) electrons. The van der Waals surface area contributed by atoms with Gasteiger partial charge in [0.2, 0.25) is 11.8 Å². The quantitative estimate of drug-likeness (QED) is 0.849. The fourth-order valence-corrected chi connectivity index (χ4v) is 2.16. The fourth-order valence-electron chi connectivity index (χ4n) is 2.16. The van der Waals surface area contributed by atoms with Gasteiger partial charge in [0.1, 0.15) is 0 Å². The summed E-state index contributed by atoms with van der Waals surface area (Å²) in [6.45, 7) is 2.61. The standard InChI is InChI=1S/C16H21N3O2/c1-3-19(2)16(21)11-18-15(20)9-8-12-10-17-14-7-5-4-6-13(12)14/h4-7,10,17H,3,8-9,11H2,1-2H3,(H,18,20). The number of aromatic nitrogens is 1. The number of amides is 2. The summed E-state index contributed by atoms with van der Waals surface area (Å²) in [4.78, 5) is 28.2. The lowest BCUT2D eigenvalue weighted by molar-refractivity contribution is -0.131. The molecular formula is C16H21N3O2. The Balaban J connectivity index is 1.83. The predicted octanol–water partition coefficient (Wildman–Crippen LogP) is 1.69. The van der Waals surface area contributed by atoms with Gasteiger partial charge in [0.25, 0.3) is 0 Å². The van der Waals surface area contributed by atoms with Crippen LogP contribution in [0.3, 0.4) is 0 Å². The van der Waals surface area contributed by atoms with Crippen LogP contribution in [0.5, 0.6) is 0 Å². The molecule has 0 aliphatic rings. The molecule has 0 saturated heterocycles. The molecule has 2 rings (SSSR count). The minimum atomic E-state index is -0.0989. The van der Waals surface area contributed by atoms with E-state index in [0.29, 0.717) is 19.4 Å². The van der Waals surface area contributed by atoms with Crippen LogP contribution in [0.25, 0.3) is 10.9 Å². The van der Waals surface area contributed by atoms with E-state index in [1.165, 1.54) is 0 Å². The highest BCUT2D eigenvalue weighted by molar-refractivity contribution is 5.86. The maximum Gasteiger partial charge on any atom is 0.241 e. The number of hydrogen-bond donors (Lipinski definition) is 2. The lowest BCUT2D eigenvalue weighted by Crippen LogP contribution is -2.38. The summed E-state index contributed by atoms with van der Waals surface area (Å²) in [5.41, 5.74) is 2.20. The van der Waals surface area contributed by atoms with Gasteiger partial charge in [0, 0.05) is 37.1 Å². The van der Waals surface area contributed by atoms with Gasteiger partial charge in [-0.1, -0.05) is 18.2 Å². The van der Waals surface area contributed by atoms with Crippen molar-refractivity contribution in [3.63, 3.8) is 0 Å². The van der Waals surface area contributed by atoms with E-state index < -0.39 is 0 Å². The average molecular weight is 287 g/mol. The molecule has 0 aliphatic heterocycles. The van der Waals surface area contributed by atoms with Gasteiger partial charge in [-0.05, 0) is 25.0 Å². The number of H-pyrrole nitrogens is 1. The number of nitrogens with zero attached hydrogens (tertiary/aromatic N) is 1. The second-order valence-electron chi connectivity index (χ2n) is 5.04. The molecule has 1 aromatic carbocycles. The van der Waals surface area contributed by atoms with E-state index in [0.717, 1.165) is 16.5 Å². The predicted molar refractivity (Wildman–Crippen MR) is 82.9 cm³/mol. The summed E-state index contributed by atoms with van der Waals surface area (Å²) in [7, 11) is 1.72. The maximum absolute atomic E-state index is 11.8. The van der Waals surface area contributed by atoms with E-state index in [1.807, 2.05) is 37.4 Å². The highest BCUT2D eigenvalue weighted by atomic mass is 16.2. The van der Waals surface area contributed by atoms with Crippen LogP contribution in [0, 0.1) is 0 Å². The first-order valence-electron chi connectivity index (χ1n) is 7.17. The van der Waals surface area contributed by atoms with Gasteiger partial charge < -0.3 is 15.2 Å². The van der Waals surface area contributed by atoms with Crippen molar-refractivity contribution in [1.82, 2.24) is 15.2 Å². The van der Waals surface area contributed by atoms with Gasteiger partial charge in [-0.3, -0.25) is 9.59 Å². The maximum atomic E-state index is 11.8. The summed E-state index contributed by atoms with van der Waals surface area (Å²) in [5, 5.41) is 3.81. The molecule has 2 amide bonds. The van der Waals surface area contributed by atoms with Crippen LogP contribution in [-0.2, 0) is 16.0 Å². The summed E-state index contributed by atoms with van der Waals surface area (Å²) >= 11 is 0. The molecule has 2 aromatic rings. The van der Waals surface area contributed by atoms with E-state index in [2.05, 4.69) is 10.3 Å². The smallest absolute Gasteiger partial charge is 0.241 e. The van der Waals surface area contributed by atoms with Crippen LogP contribution < -0.4 is 5.32 Å².